The lowest BCUT2D eigenvalue weighted by Crippen LogP contribution is -2.53. The van der Waals surface area contributed by atoms with Crippen molar-refractivity contribution >= 4 is 11.6 Å². The Morgan fingerprint density at radius 1 is 1.13 bits per heavy atom. The number of nitrogens with zero attached hydrogens (tertiary/aromatic N) is 6. The first-order valence-corrected chi connectivity index (χ1v) is 11.9. The molecule has 0 amide bonds. The van der Waals surface area contributed by atoms with Gasteiger partial charge in [-0.15, -0.1) is 0 Å². The Labute approximate surface area is 223 Å². The fourth-order valence-electron chi connectivity index (χ4n) is 4.54. The summed E-state index contributed by atoms with van der Waals surface area (Å²) in [4.78, 5) is 8.29. The molecule has 10 nitrogen and oxygen atoms in total. The largest absolute Gasteiger partial charge is 0.418 e. The molecular weight excluding hydrogens is 548 g/mol. The number of ether oxygens (including phenoxy) is 1. The third-order valence-corrected chi connectivity index (χ3v) is 6.54. The minimum absolute atomic E-state index is 0.00113. The van der Waals surface area contributed by atoms with Gasteiger partial charge >= 0.3 is 6.18 Å². The van der Waals surface area contributed by atoms with Crippen molar-refractivity contribution in [2.45, 2.75) is 43.6 Å². The molecule has 39 heavy (non-hydrogen) atoms. The van der Waals surface area contributed by atoms with Crippen molar-refractivity contribution in [1.29, 1.82) is 0 Å². The molecule has 4 aromatic rings. The number of aliphatic hydroxyl groups is 3. The Morgan fingerprint density at radius 2 is 1.90 bits per heavy atom. The van der Waals surface area contributed by atoms with E-state index in [9.17, 15) is 32.9 Å². The number of hydrogen-bond acceptors (Lipinski definition) is 8. The molecule has 1 fully saturated rings. The van der Waals surface area contributed by atoms with Gasteiger partial charge in [-0.2, -0.15) is 23.4 Å². The van der Waals surface area contributed by atoms with Gasteiger partial charge in [0, 0.05) is 29.0 Å². The fraction of sp³-hybridized carbons (Fsp3) is 0.333. The van der Waals surface area contributed by atoms with Crippen LogP contribution >= 0.6 is 11.6 Å². The van der Waals surface area contributed by atoms with Crippen molar-refractivity contribution in [1.82, 2.24) is 29.5 Å². The highest BCUT2D eigenvalue weighted by molar-refractivity contribution is 6.30. The molecule has 3 N–H and O–H groups in total. The highest BCUT2D eigenvalue weighted by atomic mass is 35.5. The first-order valence-electron chi connectivity index (χ1n) is 11.6. The number of halogens is 5. The number of alkyl halides is 3. The molecule has 0 saturated carbocycles. The molecule has 1 aromatic carbocycles. The lowest BCUT2D eigenvalue weighted by atomic mass is 9.92. The van der Waals surface area contributed by atoms with Crippen molar-refractivity contribution in [3.63, 3.8) is 0 Å². The van der Waals surface area contributed by atoms with Crippen LogP contribution in [0.2, 0.25) is 5.02 Å². The van der Waals surface area contributed by atoms with Crippen LogP contribution < -0.4 is 0 Å². The Bertz CT molecular complexity index is 1500. The normalized spacial score (nSPS) is 23.8. The van der Waals surface area contributed by atoms with Gasteiger partial charge in [0.25, 0.3) is 0 Å². The van der Waals surface area contributed by atoms with Crippen molar-refractivity contribution in [2.24, 2.45) is 0 Å². The third-order valence-electron chi connectivity index (χ3n) is 6.30. The summed E-state index contributed by atoms with van der Waals surface area (Å²) in [7, 11) is 0. The van der Waals surface area contributed by atoms with E-state index in [4.69, 9.17) is 16.3 Å². The molecule has 206 valence electrons. The molecule has 1 saturated heterocycles. The molecule has 4 heterocycles. The smallest absolute Gasteiger partial charge is 0.394 e. The summed E-state index contributed by atoms with van der Waals surface area (Å²) < 4.78 is 63.1. The number of aromatic nitrogens is 6. The van der Waals surface area contributed by atoms with Crippen LogP contribution in [-0.4, -0.2) is 69.8 Å². The second-order valence-electron chi connectivity index (χ2n) is 8.91. The summed E-state index contributed by atoms with van der Waals surface area (Å²) in [6.45, 7) is 0.743. The van der Waals surface area contributed by atoms with E-state index in [1.165, 1.54) is 42.3 Å². The van der Waals surface area contributed by atoms with Gasteiger partial charge in [-0.1, -0.05) is 11.6 Å². The van der Waals surface area contributed by atoms with Gasteiger partial charge in [0.1, 0.15) is 42.1 Å². The number of aryl methyl sites for hydroxylation is 1. The SMILES string of the molecule is Cc1nc([C@@H]2OC(CO)[C@H](O)C(n3cc(-c4cc(F)ccn4)cn3)[C@@H]2O)n(-c2cc(Cl)ccc2C(F)(F)F)n1. The van der Waals surface area contributed by atoms with Crippen molar-refractivity contribution in [3.05, 3.63) is 77.0 Å². The predicted molar refractivity (Wildman–Crippen MR) is 127 cm³/mol. The van der Waals surface area contributed by atoms with Crippen molar-refractivity contribution < 1.29 is 37.6 Å². The molecule has 0 bridgehead atoms. The van der Waals surface area contributed by atoms with Gasteiger partial charge in [0.15, 0.2) is 5.82 Å². The molecule has 0 spiro atoms. The summed E-state index contributed by atoms with van der Waals surface area (Å²) in [5.74, 6) is -0.689. The lowest BCUT2D eigenvalue weighted by molar-refractivity contribution is -0.210. The fourth-order valence-corrected chi connectivity index (χ4v) is 4.70. The first-order chi connectivity index (χ1) is 18.5. The van der Waals surface area contributed by atoms with Crippen LogP contribution in [-0.2, 0) is 10.9 Å². The zero-order valence-electron chi connectivity index (χ0n) is 20.0. The second-order valence-corrected chi connectivity index (χ2v) is 9.34. The highest BCUT2D eigenvalue weighted by Crippen LogP contribution is 2.41. The zero-order chi connectivity index (χ0) is 28.1. The molecule has 1 aliphatic rings. The predicted octanol–water partition coefficient (Wildman–Crippen LogP) is 3.04. The highest BCUT2D eigenvalue weighted by Gasteiger charge is 2.48. The monoisotopic (exact) mass is 568 g/mol. The van der Waals surface area contributed by atoms with E-state index in [2.05, 4.69) is 20.2 Å². The van der Waals surface area contributed by atoms with E-state index in [0.29, 0.717) is 5.56 Å². The number of aliphatic hydroxyl groups excluding tert-OH is 3. The Kier molecular flexibility index (Phi) is 7.15. The summed E-state index contributed by atoms with van der Waals surface area (Å²) in [5, 5.41) is 40.5. The van der Waals surface area contributed by atoms with Gasteiger partial charge in [-0.05, 0) is 31.2 Å². The molecular formula is C24H21ClF4N6O4. The molecule has 5 rings (SSSR count). The number of rotatable bonds is 5. The Balaban J connectivity index is 1.58. The van der Waals surface area contributed by atoms with E-state index >= 15 is 0 Å². The van der Waals surface area contributed by atoms with Crippen LogP contribution in [0.5, 0.6) is 0 Å². The minimum atomic E-state index is -4.77. The topological polar surface area (TPSA) is 131 Å². The third kappa shape index (κ3) is 5.13. The van der Waals surface area contributed by atoms with Crippen molar-refractivity contribution in [2.75, 3.05) is 6.61 Å². The average Bonchev–Trinajstić information content (AvgIpc) is 3.51. The molecule has 0 aliphatic carbocycles. The summed E-state index contributed by atoms with van der Waals surface area (Å²) >= 11 is 6.01. The van der Waals surface area contributed by atoms with Gasteiger partial charge in [-0.3, -0.25) is 9.67 Å². The number of benzene rings is 1. The minimum Gasteiger partial charge on any atom is -0.394 e. The van der Waals surface area contributed by atoms with Gasteiger partial charge in [0.2, 0.25) is 0 Å². The van der Waals surface area contributed by atoms with Crippen LogP contribution in [0, 0.1) is 12.7 Å². The van der Waals surface area contributed by atoms with Gasteiger partial charge < -0.3 is 20.1 Å². The van der Waals surface area contributed by atoms with Crippen LogP contribution in [0.1, 0.15) is 29.4 Å². The molecule has 3 aromatic heterocycles. The van der Waals surface area contributed by atoms with Crippen LogP contribution in [0.15, 0.2) is 48.9 Å². The first kappa shape index (κ1) is 27.1. The average molecular weight is 569 g/mol. The maximum atomic E-state index is 13.9. The van der Waals surface area contributed by atoms with Crippen LogP contribution in [0.25, 0.3) is 16.9 Å². The second kappa shape index (κ2) is 10.3. The summed E-state index contributed by atoms with van der Waals surface area (Å²) in [5.41, 5.74) is -0.907. The van der Waals surface area contributed by atoms with Crippen LogP contribution in [0.3, 0.4) is 0 Å². The van der Waals surface area contributed by atoms with Crippen LogP contribution in [0.4, 0.5) is 17.6 Å². The standard InChI is InChI=1S/C24H21ClF4N6O4/c1-11-32-23(35(33-11)17-6-13(25)2-3-15(17)24(27,28)29)22-21(38)19(20(37)18(10-36)39-22)34-9-12(8-31-34)16-7-14(26)4-5-30-16/h2-9,18-22,36-38H,10H2,1H3/t18?,19?,20-,21-,22+/m0/s1. The molecule has 1 aliphatic heterocycles. The van der Waals surface area contributed by atoms with E-state index in [0.717, 1.165) is 22.9 Å². The van der Waals surface area contributed by atoms with Crippen molar-refractivity contribution in [3.8, 4) is 16.9 Å². The summed E-state index contributed by atoms with van der Waals surface area (Å²) in [6.07, 6.45) is -6.63. The van der Waals surface area contributed by atoms with E-state index in [-0.39, 0.29) is 22.4 Å². The van der Waals surface area contributed by atoms with E-state index in [1.807, 2.05) is 0 Å². The van der Waals surface area contributed by atoms with Gasteiger partial charge in [-0.25, -0.2) is 14.1 Å². The molecule has 0 radical (unpaired) electrons. The van der Waals surface area contributed by atoms with E-state index in [1.54, 1.807) is 0 Å². The summed E-state index contributed by atoms with van der Waals surface area (Å²) in [6, 6.07) is 4.02. The molecule has 15 heteroatoms. The Morgan fingerprint density at radius 3 is 2.59 bits per heavy atom. The van der Waals surface area contributed by atoms with E-state index < -0.39 is 60.3 Å². The Hall–Kier alpha value is -3.43. The molecule has 5 atom stereocenters. The number of hydrogen-bond donors (Lipinski definition) is 3. The maximum absolute atomic E-state index is 13.9. The maximum Gasteiger partial charge on any atom is 0.418 e. The zero-order valence-corrected chi connectivity index (χ0v) is 20.8. The lowest BCUT2D eigenvalue weighted by Gasteiger charge is -2.42. The quantitative estimate of drug-likeness (QED) is 0.313. The molecule has 2 unspecified atom stereocenters. The van der Waals surface area contributed by atoms with Gasteiger partial charge in [0.05, 0.1) is 29.7 Å². The number of pyridine rings is 1.